The van der Waals surface area contributed by atoms with Crippen LogP contribution in [0.4, 0.5) is 0 Å². The molecule has 0 aromatic heterocycles. The van der Waals surface area contributed by atoms with Crippen molar-refractivity contribution in [3.8, 4) is 0 Å². The van der Waals surface area contributed by atoms with Crippen molar-refractivity contribution in [3.05, 3.63) is 0 Å². The van der Waals surface area contributed by atoms with Gasteiger partial charge in [0.15, 0.2) is 0 Å². The summed E-state index contributed by atoms with van der Waals surface area (Å²) in [7, 11) is 2.18. The standard InChI is InChI=1S/C5H11NS.C5H12/c1-6-2-4-7-5-3-6;1-3-5-4-2/h2-5H2,1H3;3-5H2,1-2H3. The lowest BCUT2D eigenvalue weighted by atomic mass is 10.3. The predicted molar refractivity (Wildman–Crippen MR) is 60.0 cm³/mol. The largest absolute Gasteiger partial charge is 0.305 e. The molecule has 0 aliphatic carbocycles. The number of hydrogen-bond acceptors (Lipinski definition) is 2. The summed E-state index contributed by atoms with van der Waals surface area (Å²) in [5.41, 5.74) is 0. The first-order valence-electron chi connectivity index (χ1n) is 5.07. The normalized spacial score (nSPS) is 18.2. The predicted octanol–water partition coefficient (Wildman–Crippen LogP) is 2.86. The molecule has 0 aromatic rings. The third-order valence-corrected chi connectivity index (χ3v) is 2.88. The van der Waals surface area contributed by atoms with Crippen LogP contribution in [0.3, 0.4) is 0 Å². The molecule has 74 valence electrons. The van der Waals surface area contributed by atoms with Gasteiger partial charge in [-0.15, -0.1) is 0 Å². The van der Waals surface area contributed by atoms with Gasteiger partial charge in [0.25, 0.3) is 0 Å². The fraction of sp³-hybridized carbons (Fsp3) is 1.00. The van der Waals surface area contributed by atoms with E-state index >= 15 is 0 Å². The van der Waals surface area contributed by atoms with E-state index in [1.165, 1.54) is 43.9 Å². The van der Waals surface area contributed by atoms with E-state index in [0.29, 0.717) is 0 Å². The highest BCUT2D eigenvalue weighted by molar-refractivity contribution is 7.99. The summed E-state index contributed by atoms with van der Waals surface area (Å²) >= 11 is 2.06. The van der Waals surface area contributed by atoms with Gasteiger partial charge in [0.1, 0.15) is 0 Å². The average Bonchev–Trinajstić information content (AvgIpc) is 2.08. The first-order valence-corrected chi connectivity index (χ1v) is 6.23. The third kappa shape index (κ3) is 8.41. The van der Waals surface area contributed by atoms with Crippen LogP contribution in [0.25, 0.3) is 0 Å². The molecule has 1 heterocycles. The third-order valence-electron chi connectivity index (χ3n) is 1.94. The van der Waals surface area contributed by atoms with Crippen LogP contribution >= 0.6 is 11.8 Å². The molecule has 0 amide bonds. The average molecular weight is 189 g/mol. The van der Waals surface area contributed by atoms with Gasteiger partial charge in [-0.3, -0.25) is 0 Å². The molecule has 0 radical (unpaired) electrons. The molecular weight excluding hydrogens is 166 g/mol. The zero-order valence-corrected chi connectivity index (χ0v) is 9.62. The summed E-state index contributed by atoms with van der Waals surface area (Å²) < 4.78 is 0. The second-order valence-corrected chi connectivity index (χ2v) is 4.49. The lowest BCUT2D eigenvalue weighted by Crippen LogP contribution is -2.28. The Morgan fingerprint density at radius 1 is 1.08 bits per heavy atom. The first-order chi connectivity index (χ1) is 5.81. The van der Waals surface area contributed by atoms with Gasteiger partial charge in [-0.05, 0) is 7.05 Å². The Hall–Kier alpha value is 0.310. The van der Waals surface area contributed by atoms with Crippen molar-refractivity contribution in [2.75, 3.05) is 31.6 Å². The highest BCUT2D eigenvalue weighted by Crippen LogP contribution is 2.05. The van der Waals surface area contributed by atoms with Gasteiger partial charge >= 0.3 is 0 Å². The van der Waals surface area contributed by atoms with Crippen LogP contribution in [0.2, 0.25) is 0 Å². The molecule has 0 N–H and O–H groups in total. The monoisotopic (exact) mass is 189 g/mol. The zero-order valence-electron chi connectivity index (χ0n) is 8.81. The molecule has 0 spiro atoms. The van der Waals surface area contributed by atoms with Crippen LogP contribution in [0, 0.1) is 0 Å². The molecule has 12 heavy (non-hydrogen) atoms. The zero-order chi connectivity index (χ0) is 9.23. The van der Waals surface area contributed by atoms with Crippen LogP contribution < -0.4 is 0 Å². The summed E-state index contributed by atoms with van der Waals surface area (Å²) in [6, 6.07) is 0. The molecule has 1 saturated heterocycles. The molecule has 1 aliphatic rings. The van der Waals surface area contributed by atoms with Crippen molar-refractivity contribution < 1.29 is 0 Å². The molecule has 1 rings (SSSR count). The number of nitrogens with zero attached hydrogens (tertiary/aromatic N) is 1. The quantitative estimate of drug-likeness (QED) is 0.657. The fourth-order valence-corrected chi connectivity index (χ4v) is 2.09. The Kier molecular flexibility index (Phi) is 9.64. The maximum Gasteiger partial charge on any atom is 0.00696 e. The van der Waals surface area contributed by atoms with E-state index < -0.39 is 0 Å². The Balaban J connectivity index is 0.000000217. The van der Waals surface area contributed by atoms with Gasteiger partial charge < -0.3 is 4.90 Å². The SMILES string of the molecule is CCCCC.CN1CCSCC1. The Morgan fingerprint density at radius 3 is 1.75 bits per heavy atom. The minimum atomic E-state index is 1.28. The van der Waals surface area contributed by atoms with E-state index in [1.54, 1.807) is 0 Å². The Morgan fingerprint density at radius 2 is 1.58 bits per heavy atom. The van der Waals surface area contributed by atoms with Gasteiger partial charge in [-0.1, -0.05) is 33.1 Å². The molecule has 1 fully saturated rings. The smallest absolute Gasteiger partial charge is 0.00696 e. The van der Waals surface area contributed by atoms with Crippen LogP contribution in [0.15, 0.2) is 0 Å². The summed E-state index contributed by atoms with van der Waals surface area (Å²) in [5, 5.41) is 0. The lowest BCUT2D eigenvalue weighted by Gasteiger charge is -2.20. The summed E-state index contributed by atoms with van der Waals surface area (Å²) in [6.45, 7) is 6.99. The minimum absolute atomic E-state index is 1.28. The van der Waals surface area contributed by atoms with Crippen LogP contribution in [-0.2, 0) is 0 Å². The van der Waals surface area contributed by atoms with Gasteiger partial charge in [-0.25, -0.2) is 0 Å². The van der Waals surface area contributed by atoms with Crippen LogP contribution in [-0.4, -0.2) is 36.5 Å². The fourth-order valence-electron chi connectivity index (χ4n) is 1.01. The van der Waals surface area contributed by atoms with E-state index in [2.05, 4.69) is 37.6 Å². The summed E-state index contributed by atoms with van der Waals surface area (Å²) in [5.74, 6) is 2.66. The highest BCUT2D eigenvalue weighted by atomic mass is 32.2. The molecule has 2 heteroatoms. The Labute approximate surface area is 81.9 Å². The van der Waals surface area contributed by atoms with Crippen LogP contribution in [0.5, 0.6) is 0 Å². The molecule has 0 unspecified atom stereocenters. The van der Waals surface area contributed by atoms with Gasteiger partial charge in [0.05, 0.1) is 0 Å². The van der Waals surface area contributed by atoms with E-state index in [9.17, 15) is 0 Å². The molecule has 0 bridgehead atoms. The molecular formula is C10H23NS. The molecule has 0 saturated carbocycles. The minimum Gasteiger partial charge on any atom is -0.305 e. The lowest BCUT2D eigenvalue weighted by molar-refractivity contribution is 0.372. The Bertz CT molecular complexity index is 77.9. The van der Waals surface area contributed by atoms with E-state index in [4.69, 9.17) is 0 Å². The number of thioether (sulfide) groups is 1. The van der Waals surface area contributed by atoms with E-state index in [1.807, 2.05) is 0 Å². The van der Waals surface area contributed by atoms with Crippen molar-refractivity contribution in [3.63, 3.8) is 0 Å². The molecule has 0 atom stereocenters. The van der Waals surface area contributed by atoms with Crippen molar-refractivity contribution in [1.29, 1.82) is 0 Å². The van der Waals surface area contributed by atoms with Crippen molar-refractivity contribution in [2.24, 2.45) is 0 Å². The van der Waals surface area contributed by atoms with E-state index in [0.717, 1.165) is 0 Å². The van der Waals surface area contributed by atoms with Crippen molar-refractivity contribution >= 4 is 11.8 Å². The maximum atomic E-state index is 2.37. The van der Waals surface area contributed by atoms with Gasteiger partial charge in [0, 0.05) is 24.6 Å². The van der Waals surface area contributed by atoms with Crippen molar-refractivity contribution in [2.45, 2.75) is 33.1 Å². The second-order valence-electron chi connectivity index (χ2n) is 3.27. The number of rotatable bonds is 2. The van der Waals surface area contributed by atoms with Gasteiger partial charge in [-0.2, -0.15) is 11.8 Å². The first kappa shape index (κ1) is 12.3. The topological polar surface area (TPSA) is 3.24 Å². The molecule has 1 aliphatic heterocycles. The van der Waals surface area contributed by atoms with E-state index in [-0.39, 0.29) is 0 Å². The molecule has 1 nitrogen and oxygen atoms in total. The highest BCUT2D eigenvalue weighted by Gasteiger charge is 2.02. The summed E-state index contributed by atoms with van der Waals surface area (Å²) in [4.78, 5) is 2.37. The van der Waals surface area contributed by atoms with Crippen molar-refractivity contribution in [1.82, 2.24) is 4.90 Å². The number of unbranched alkanes of at least 4 members (excludes halogenated alkanes) is 2. The number of hydrogen-bond donors (Lipinski definition) is 0. The molecule has 0 aromatic carbocycles. The summed E-state index contributed by atoms with van der Waals surface area (Å²) in [6.07, 6.45) is 4.08. The van der Waals surface area contributed by atoms with Crippen LogP contribution in [0.1, 0.15) is 33.1 Å². The van der Waals surface area contributed by atoms with Gasteiger partial charge in [0.2, 0.25) is 0 Å². The maximum absolute atomic E-state index is 2.37. The second kappa shape index (κ2) is 9.40.